The molecule has 3 rings (SSSR count). The Bertz CT molecular complexity index is 428. The quantitative estimate of drug-likeness (QED) is 0.915. The number of imidazole rings is 1. The highest BCUT2D eigenvalue weighted by molar-refractivity contribution is 4.99. The molecule has 0 bridgehead atoms. The lowest BCUT2D eigenvalue weighted by molar-refractivity contribution is 0.0729. The lowest BCUT2D eigenvalue weighted by Crippen LogP contribution is -2.54. The van der Waals surface area contributed by atoms with Gasteiger partial charge < -0.3 is 9.88 Å². The van der Waals surface area contributed by atoms with Crippen molar-refractivity contribution < 1.29 is 0 Å². The van der Waals surface area contributed by atoms with Gasteiger partial charge in [-0.3, -0.25) is 4.90 Å². The summed E-state index contributed by atoms with van der Waals surface area (Å²) >= 11 is 0. The van der Waals surface area contributed by atoms with Crippen molar-refractivity contribution in [3.05, 3.63) is 18.2 Å². The Morgan fingerprint density at radius 1 is 1.35 bits per heavy atom. The molecule has 20 heavy (non-hydrogen) atoms. The van der Waals surface area contributed by atoms with Crippen molar-refractivity contribution in [3.8, 4) is 0 Å². The van der Waals surface area contributed by atoms with Gasteiger partial charge in [-0.2, -0.15) is 0 Å². The van der Waals surface area contributed by atoms with Crippen LogP contribution >= 0.6 is 0 Å². The topological polar surface area (TPSA) is 33.1 Å². The van der Waals surface area contributed by atoms with Gasteiger partial charge in [-0.15, -0.1) is 0 Å². The smallest absolute Gasteiger partial charge is 0.122 e. The number of rotatable bonds is 4. The number of nitrogens with zero attached hydrogens (tertiary/aromatic N) is 3. The fourth-order valence-electron chi connectivity index (χ4n) is 4.12. The van der Waals surface area contributed by atoms with E-state index in [1.165, 1.54) is 44.5 Å². The summed E-state index contributed by atoms with van der Waals surface area (Å²) in [5.41, 5.74) is 0. The third kappa shape index (κ3) is 2.77. The van der Waals surface area contributed by atoms with E-state index < -0.39 is 0 Å². The number of likely N-dealkylation sites (N-methyl/N-ethyl adjacent to an activating group) is 1. The summed E-state index contributed by atoms with van der Waals surface area (Å²) in [5, 5.41) is 3.56. The van der Waals surface area contributed by atoms with Crippen molar-refractivity contribution in [2.24, 2.45) is 5.92 Å². The van der Waals surface area contributed by atoms with Gasteiger partial charge in [0, 0.05) is 37.6 Å². The normalized spacial score (nSPS) is 31.2. The van der Waals surface area contributed by atoms with Gasteiger partial charge in [-0.1, -0.05) is 19.8 Å². The van der Waals surface area contributed by atoms with E-state index in [1.54, 1.807) is 0 Å². The summed E-state index contributed by atoms with van der Waals surface area (Å²) < 4.78 is 2.30. The summed E-state index contributed by atoms with van der Waals surface area (Å²) in [4.78, 5) is 7.18. The maximum Gasteiger partial charge on any atom is 0.122 e. The molecule has 0 radical (unpaired) electrons. The van der Waals surface area contributed by atoms with Gasteiger partial charge in [0.25, 0.3) is 0 Å². The lowest BCUT2D eigenvalue weighted by Gasteiger charge is -2.44. The Morgan fingerprint density at radius 2 is 2.25 bits per heavy atom. The Balaban J connectivity index is 1.69. The van der Waals surface area contributed by atoms with E-state index in [9.17, 15) is 0 Å². The third-order valence-corrected chi connectivity index (χ3v) is 5.24. The summed E-state index contributed by atoms with van der Waals surface area (Å²) in [6.45, 7) is 5.61. The predicted molar refractivity (Wildman–Crippen MR) is 81.5 cm³/mol. The van der Waals surface area contributed by atoms with Crippen molar-refractivity contribution in [2.75, 3.05) is 13.6 Å². The first-order valence-electron chi connectivity index (χ1n) is 8.23. The standard InChI is InChI=1S/C16H28N4/c1-3-4-13-5-6-14(17-2)15(11-13)20-10-9-19-8-7-18-16(19)12-20/h7-8,13-15,17H,3-6,9-12H2,1-2H3. The fourth-order valence-corrected chi connectivity index (χ4v) is 4.12. The average Bonchev–Trinajstić information content (AvgIpc) is 2.95. The highest BCUT2D eigenvalue weighted by atomic mass is 15.3. The number of hydrogen-bond acceptors (Lipinski definition) is 3. The molecule has 0 amide bonds. The number of aromatic nitrogens is 2. The molecule has 1 N–H and O–H groups in total. The van der Waals surface area contributed by atoms with E-state index in [4.69, 9.17) is 0 Å². The van der Waals surface area contributed by atoms with Crippen LogP contribution in [0.5, 0.6) is 0 Å². The number of hydrogen-bond donors (Lipinski definition) is 1. The molecule has 0 spiro atoms. The second-order valence-corrected chi connectivity index (χ2v) is 6.44. The van der Waals surface area contributed by atoms with Crippen LogP contribution < -0.4 is 5.32 Å². The van der Waals surface area contributed by atoms with Crippen molar-refractivity contribution in [1.82, 2.24) is 19.8 Å². The molecule has 1 aromatic rings. The minimum Gasteiger partial charge on any atom is -0.333 e. The molecule has 4 heteroatoms. The van der Waals surface area contributed by atoms with Crippen LogP contribution in [0, 0.1) is 5.92 Å². The summed E-state index contributed by atoms with van der Waals surface area (Å²) in [5.74, 6) is 2.17. The molecule has 1 aliphatic carbocycles. The molecule has 2 aliphatic rings. The third-order valence-electron chi connectivity index (χ3n) is 5.24. The molecule has 0 aromatic carbocycles. The summed E-state index contributed by atoms with van der Waals surface area (Å²) in [6.07, 6.45) is 10.9. The van der Waals surface area contributed by atoms with E-state index in [-0.39, 0.29) is 0 Å². The maximum atomic E-state index is 4.51. The number of fused-ring (bicyclic) bond motifs is 1. The molecule has 1 aliphatic heterocycles. The molecule has 112 valence electrons. The first kappa shape index (κ1) is 14.1. The molecular formula is C16H28N4. The minimum absolute atomic E-state index is 0.657. The Kier molecular flexibility index (Phi) is 4.41. The summed E-state index contributed by atoms with van der Waals surface area (Å²) in [7, 11) is 2.13. The van der Waals surface area contributed by atoms with Gasteiger partial charge in [0.05, 0.1) is 6.54 Å². The van der Waals surface area contributed by atoms with Gasteiger partial charge in [0.1, 0.15) is 5.82 Å². The second kappa shape index (κ2) is 6.27. The monoisotopic (exact) mass is 276 g/mol. The van der Waals surface area contributed by atoms with Gasteiger partial charge in [-0.05, 0) is 32.2 Å². The molecule has 1 saturated carbocycles. The molecule has 1 aromatic heterocycles. The van der Waals surface area contributed by atoms with E-state index in [0.717, 1.165) is 19.0 Å². The van der Waals surface area contributed by atoms with Crippen molar-refractivity contribution in [2.45, 2.75) is 64.2 Å². The molecule has 0 saturated heterocycles. The first-order chi connectivity index (χ1) is 9.81. The minimum atomic E-state index is 0.657. The van der Waals surface area contributed by atoms with Crippen molar-refractivity contribution in [1.29, 1.82) is 0 Å². The van der Waals surface area contributed by atoms with Gasteiger partial charge in [-0.25, -0.2) is 4.98 Å². The van der Waals surface area contributed by atoms with Gasteiger partial charge in [0.15, 0.2) is 0 Å². The van der Waals surface area contributed by atoms with E-state index in [0.29, 0.717) is 12.1 Å². The summed E-state index contributed by atoms with van der Waals surface area (Å²) in [6, 6.07) is 1.35. The van der Waals surface area contributed by atoms with Crippen LogP contribution in [-0.4, -0.2) is 40.1 Å². The SMILES string of the molecule is CCCC1CCC(NC)C(N2CCn3ccnc3C2)C1. The van der Waals surface area contributed by atoms with E-state index in [2.05, 4.69) is 39.9 Å². The maximum absolute atomic E-state index is 4.51. The highest BCUT2D eigenvalue weighted by Gasteiger charge is 2.34. The van der Waals surface area contributed by atoms with Gasteiger partial charge in [0.2, 0.25) is 0 Å². The largest absolute Gasteiger partial charge is 0.333 e. The van der Waals surface area contributed by atoms with Crippen LogP contribution in [0.15, 0.2) is 12.4 Å². The highest BCUT2D eigenvalue weighted by Crippen LogP contribution is 2.32. The van der Waals surface area contributed by atoms with Crippen LogP contribution in [0.3, 0.4) is 0 Å². The van der Waals surface area contributed by atoms with Crippen LogP contribution in [-0.2, 0) is 13.1 Å². The van der Waals surface area contributed by atoms with Crippen LogP contribution in [0.2, 0.25) is 0 Å². The molecule has 4 nitrogen and oxygen atoms in total. The van der Waals surface area contributed by atoms with Crippen molar-refractivity contribution in [3.63, 3.8) is 0 Å². The molecule has 1 fully saturated rings. The van der Waals surface area contributed by atoms with Crippen LogP contribution in [0.4, 0.5) is 0 Å². The number of nitrogens with one attached hydrogen (secondary N) is 1. The fraction of sp³-hybridized carbons (Fsp3) is 0.812. The zero-order valence-corrected chi connectivity index (χ0v) is 12.9. The predicted octanol–water partition coefficient (Wildman–Crippen LogP) is 2.26. The average molecular weight is 276 g/mol. The second-order valence-electron chi connectivity index (χ2n) is 6.44. The Hall–Kier alpha value is -0.870. The van der Waals surface area contributed by atoms with Gasteiger partial charge >= 0.3 is 0 Å². The van der Waals surface area contributed by atoms with Crippen LogP contribution in [0.1, 0.15) is 44.9 Å². The molecule has 2 heterocycles. The Morgan fingerprint density at radius 3 is 3.05 bits per heavy atom. The lowest BCUT2D eigenvalue weighted by atomic mass is 9.79. The zero-order chi connectivity index (χ0) is 13.9. The molecule has 3 unspecified atom stereocenters. The van der Waals surface area contributed by atoms with E-state index in [1.807, 2.05) is 6.20 Å². The zero-order valence-electron chi connectivity index (χ0n) is 12.9. The van der Waals surface area contributed by atoms with E-state index >= 15 is 0 Å². The Labute approximate surface area is 122 Å². The molecule has 3 atom stereocenters. The molecular weight excluding hydrogens is 248 g/mol. The first-order valence-corrected chi connectivity index (χ1v) is 8.23. The van der Waals surface area contributed by atoms with Crippen molar-refractivity contribution >= 4 is 0 Å². The van der Waals surface area contributed by atoms with Crippen LogP contribution in [0.25, 0.3) is 0 Å².